The molecule has 5 aliphatic heterocycles. The van der Waals surface area contributed by atoms with E-state index in [1.165, 1.54) is 99.0 Å². The van der Waals surface area contributed by atoms with Crippen molar-refractivity contribution in [1.29, 1.82) is 0 Å². The van der Waals surface area contributed by atoms with E-state index in [0.29, 0.717) is 34.1 Å². The molecule has 61 heavy (non-hydrogen) atoms. The molecule has 0 radical (unpaired) electrons. The Morgan fingerprint density at radius 1 is 0.574 bits per heavy atom. The maximum absolute atomic E-state index is 14.2. The molecule has 4 amide bonds. The first kappa shape index (κ1) is 43.7. The van der Waals surface area contributed by atoms with Gasteiger partial charge in [0.15, 0.2) is 0 Å². The van der Waals surface area contributed by atoms with Crippen molar-refractivity contribution < 1.29 is 19.2 Å². The minimum atomic E-state index is -2.21. The second kappa shape index (κ2) is 16.5. The molecule has 4 unspecified atom stereocenters. The third kappa shape index (κ3) is 6.62. The van der Waals surface area contributed by atoms with E-state index < -0.39 is 8.07 Å². The molecule has 4 atom stereocenters. The molecule has 0 saturated heterocycles. The van der Waals surface area contributed by atoms with Gasteiger partial charge < -0.3 is 0 Å². The van der Waals surface area contributed by atoms with Gasteiger partial charge in [0, 0.05) is 58.8 Å². The van der Waals surface area contributed by atoms with Crippen molar-refractivity contribution in [3.63, 3.8) is 0 Å². The Balaban J connectivity index is 1.14. The highest BCUT2D eigenvalue weighted by atomic mass is 32.2. The van der Waals surface area contributed by atoms with Crippen LogP contribution in [0, 0.1) is 25.7 Å². The number of hydrogen-bond acceptors (Lipinski definition) is 10. The third-order valence-electron chi connectivity index (χ3n) is 14.2. The number of carbonyl (C=O) groups excluding carboxylic acids is 4. The molecule has 0 fully saturated rings. The summed E-state index contributed by atoms with van der Waals surface area (Å²) in [6.07, 6.45) is 10.0. The molecule has 9 heterocycles. The van der Waals surface area contributed by atoms with E-state index in [2.05, 4.69) is 60.6 Å². The number of thiophene rings is 4. The molecule has 322 valence electrons. The summed E-state index contributed by atoms with van der Waals surface area (Å²) in [5.74, 6) is 0.549. The number of thioether (sulfide) groups is 2. The lowest BCUT2D eigenvalue weighted by Crippen LogP contribution is -2.56. The van der Waals surface area contributed by atoms with Crippen LogP contribution in [0.25, 0.3) is 29.3 Å². The number of unbranched alkanes of at least 4 members (excludes halogenated alkanes) is 2. The molecule has 4 aromatic rings. The van der Waals surface area contributed by atoms with Gasteiger partial charge in [-0.3, -0.25) is 29.0 Å². The molecular weight excluding hydrogens is 889 g/mol. The Hall–Kier alpha value is -2.52. The summed E-state index contributed by atoms with van der Waals surface area (Å²) in [5.41, 5.74) is 4.66. The van der Waals surface area contributed by atoms with Gasteiger partial charge in [-0.2, -0.15) is 0 Å². The average Bonchev–Trinajstić information content (AvgIpc) is 4.14. The van der Waals surface area contributed by atoms with E-state index >= 15 is 0 Å². The van der Waals surface area contributed by atoms with Crippen LogP contribution >= 0.6 is 68.9 Å². The number of aryl methyl sites for hydroxylation is 2. The molecule has 0 N–H and O–H groups in total. The van der Waals surface area contributed by atoms with E-state index in [1.807, 2.05) is 29.6 Å². The van der Waals surface area contributed by atoms with Crippen LogP contribution in [0.2, 0.25) is 12.1 Å². The largest absolute Gasteiger partial charge is 0.277 e. The first-order chi connectivity index (χ1) is 29.2. The van der Waals surface area contributed by atoms with Crippen LogP contribution in [0.5, 0.6) is 0 Å². The first-order valence-corrected chi connectivity index (χ1v) is 29.6. The molecule has 0 spiro atoms. The lowest BCUT2D eigenvalue weighted by atomic mass is 10.0. The van der Waals surface area contributed by atoms with Crippen LogP contribution in [0.15, 0.2) is 23.3 Å². The van der Waals surface area contributed by atoms with Gasteiger partial charge in [-0.25, -0.2) is 0 Å². The molecule has 0 bridgehead atoms. The molecule has 0 saturated carbocycles. The van der Waals surface area contributed by atoms with Crippen molar-refractivity contribution in [3.05, 3.63) is 65.0 Å². The van der Waals surface area contributed by atoms with Crippen LogP contribution in [0.1, 0.15) is 154 Å². The lowest BCUT2D eigenvalue weighted by Gasteiger charge is -2.35. The fourth-order valence-corrected chi connectivity index (χ4v) is 27.4. The Morgan fingerprint density at radius 3 is 1.56 bits per heavy atom. The van der Waals surface area contributed by atoms with Gasteiger partial charge in [-0.05, 0) is 85.3 Å². The second-order valence-corrected chi connectivity index (χ2v) is 28.9. The van der Waals surface area contributed by atoms with Crippen molar-refractivity contribution in [1.82, 2.24) is 9.80 Å². The Labute approximate surface area is 386 Å². The number of amides is 4. The number of carbonyl (C=O) groups is 4. The summed E-state index contributed by atoms with van der Waals surface area (Å²) in [4.78, 5) is 68.6. The SMILES string of the molecule is CCCCC(CC)C[Si]1(CC(CC)CCCC)c2cc(C)sc2-c2sc(-c3sc(C4=C(C)C5SC(c6sc(C)c7c6C(=O)N(C)C7=O)=C(C)C5S4)c4c3C(=O)N(C)C4=O)cc21. The zero-order valence-corrected chi connectivity index (χ0v) is 42.9. The molecule has 5 aliphatic rings. The standard InChI is InChI=1S/C48H56N2O4S6Si/c1-11-15-17-27(13-3)21-61(22-28(14-4)18-16-12-2)30-19-23(5)55-41(30)42-31(61)20-29(57-42)40-34-35(48(54)50(10)47(34)53)44(60-40)39-25(7)37-36(59-39)24(6)38(58-37)43-33-32(26(8)56-43)45(51)49(9)46(33)52/h19-20,27-28,36-37H,11-18,21-22H2,1-10H3. The third-order valence-corrected chi connectivity index (χ3v) is 28.6. The summed E-state index contributed by atoms with van der Waals surface area (Å²) in [7, 11) is 0.995. The quantitative estimate of drug-likeness (QED) is 0.0873. The smallest absolute Gasteiger partial charge is 0.262 e. The van der Waals surface area contributed by atoms with Crippen molar-refractivity contribution >= 4 is 121 Å². The molecular formula is C48H56N2O4S6Si. The average molecular weight is 945 g/mol. The molecule has 0 aromatic carbocycles. The van der Waals surface area contributed by atoms with Crippen LogP contribution in [0.4, 0.5) is 0 Å². The maximum Gasteiger partial charge on any atom is 0.262 e. The van der Waals surface area contributed by atoms with Gasteiger partial charge in [0.25, 0.3) is 23.6 Å². The van der Waals surface area contributed by atoms with E-state index in [-0.39, 0.29) is 34.1 Å². The highest BCUT2D eigenvalue weighted by Gasteiger charge is 2.52. The van der Waals surface area contributed by atoms with Crippen molar-refractivity contribution in [3.8, 4) is 19.5 Å². The van der Waals surface area contributed by atoms with Crippen molar-refractivity contribution in [2.24, 2.45) is 11.8 Å². The summed E-state index contributed by atoms with van der Waals surface area (Å²) in [5, 5.41) is 3.52. The minimum absolute atomic E-state index is 0.125. The molecule has 6 nitrogen and oxygen atoms in total. The summed E-state index contributed by atoms with van der Waals surface area (Å²) < 4.78 is 0. The van der Waals surface area contributed by atoms with Gasteiger partial charge in [-0.15, -0.1) is 68.9 Å². The number of rotatable bonds is 15. The first-order valence-electron chi connectivity index (χ1n) is 22.2. The summed E-state index contributed by atoms with van der Waals surface area (Å²) in [6.45, 7) is 18.0. The van der Waals surface area contributed by atoms with Gasteiger partial charge in [0.1, 0.15) is 8.07 Å². The number of imide groups is 2. The fourth-order valence-electron chi connectivity index (χ4n) is 10.7. The highest BCUT2D eigenvalue weighted by Crippen LogP contribution is 2.63. The fraction of sp³-hybridized carbons (Fsp3) is 0.500. The van der Waals surface area contributed by atoms with Crippen LogP contribution < -0.4 is 10.4 Å². The maximum atomic E-state index is 14.2. The number of nitrogens with zero attached hydrogens (tertiary/aromatic N) is 2. The van der Waals surface area contributed by atoms with Gasteiger partial charge in [0.05, 0.1) is 36.9 Å². The van der Waals surface area contributed by atoms with E-state index in [1.54, 1.807) is 70.7 Å². The Kier molecular flexibility index (Phi) is 11.8. The summed E-state index contributed by atoms with van der Waals surface area (Å²) in [6, 6.07) is 7.68. The zero-order valence-electron chi connectivity index (χ0n) is 37.0. The minimum Gasteiger partial charge on any atom is -0.277 e. The Bertz CT molecular complexity index is 2580. The van der Waals surface area contributed by atoms with Crippen molar-refractivity contribution in [2.45, 2.75) is 129 Å². The normalized spacial score (nSPS) is 22.7. The topological polar surface area (TPSA) is 74.8 Å². The monoisotopic (exact) mass is 944 g/mol. The van der Waals surface area contributed by atoms with Crippen molar-refractivity contribution in [2.75, 3.05) is 14.1 Å². The van der Waals surface area contributed by atoms with Gasteiger partial charge >= 0.3 is 0 Å². The molecule has 0 aliphatic carbocycles. The van der Waals surface area contributed by atoms with E-state index in [9.17, 15) is 19.2 Å². The molecule has 9 rings (SSSR count). The van der Waals surface area contributed by atoms with Crippen LogP contribution in [-0.2, 0) is 0 Å². The predicted molar refractivity (Wildman–Crippen MR) is 267 cm³/mol. The molecule has 13 heteroatoms. The molecule has 4 aromatic heterocycles. The van der Waals surface area contributed by atoms with Crippen LogP contribution in [-0.4, -0.2) is 66.1 Å². The highest BCUT2D eigenvalue weighted by molar-refractivity contribution is 8.14. The van der Waals surface area contributed by atoms with E-state index in [4.69, 9.17) is 0 Å². The second-order valence-electron chi connectivity index (χ2n) is 18.0. The number of fused-ring (bicyclic) bond motifs is 6. The number of hydrogen-bond donors (Lipinski definition) is 0. The summed E-state index contributed by atoms with van der Waals surface area (Å²) >= 11 is 10.6. The predicted octanol–water partition coefficient (Wildman–Crippen LogP) is 13.0. The lowest BCUT2D eigenvalue weighted by molar-refractivity contribution is 0.0677. The van der Waals surface area contributed by atoms with Crippen LogP contribution in [0.3, 0.4) is 0 Å². The zero-order chi connectivity index (χ0) is 43.4. The van der Waals surface area contributed by atoms with Gasteiger partial charge in [-0.1, -0.05) is 79.1 Å². The van der Waals surface area contributed by atoms with E-state index in [0.717, 1.165) is 34.2 Å². The van der Waals surface area contributed by atoms with Gasteiger partial charge in [0.2, 0.25) is 0 Å². The Morgan fingerprint density at radius 2 is 1.03 bits per heavy atom.